The molecule has 0 radical (unpaired) electrons. The first-order valence-corrected chi connectivity index (χ1v) is 10.7. The van der Waals surface area contributed by atoms with Crippen LogP contribution in [-0.4, -0.2) is 52.6 Å². The minimum Gasteiger partial charge on any atom is -0.444 e. The molecule has 0 aromatic carbocycles. The van der Waals surface area contributed by atoms with Crippen LogP contribution in [0.15, 0.2) is 18.5 Å². The van der Waals surface area contributed by atoms with Crippen molar-refractivity contribution < 1.29 is 18.7 Å². The molecular formula is C21H27FN4O3S. The van der Waals surface area contributed by atoms with Crippen LogP contribution >= 0.6 is 11.3 Å². The summed E-state index contributed by atoms with van der Waals surface area (Å²) in [6.07, 6.45) is 3.75. The maximum absolute atomic E-state index is 13.5. The van der Waals surface area contributed by atoms with Gasteiger partial charge in [-0.25, -0.2) is 14.2 Å². The number of thiazole rings is 1. The Morgan fingerprint density at radius 3 is 2.73 bits per heavy atom. The molecule has 1 aliphatic heterocycles. The zero-order valence-electron chi connectivity index (χ0n) is 17.9. The second-order valence-electron chi connectivity index (χ2n) is 8.46. The van der Waals surface area contributed by atoms with Crippen LogP contribution in [0.5, 0.6) is 0 Å². The topological polar surface area (TPSA) is 75.6 Å². The highest BCUT2D eigenvalue weighted by atomic mass is 32.1. The standard InChI is InChI=1S/C21H27FN4O3S/c1-13-19(30-17(24-13)15-9-16(22)11-23-10-15)25(5)18(27)14-7-6-8-26(12-14)20(28)29-21(2,3)4/h9-11,14H,6-8,12H2,1-5H3. The van der Waals surface area contributed by atoms with Crippen molar-refractivity contribution in [2.75, 3.05) is 25.0 Å². The summed E-state index contributed by atoms with van der Waals surface area (Å²) in [5.41, 5.74) is 0.686. The third kappa shape index (κ3) is 5.13. The number of piperidine rings is 1. The molecule has 9 heteroatoms. The molecule has 1 unspecified atom stereocenters. The number of nitrogens with zero attached hydrogens (tertiary/aromatic N) is 4. The van der Waals surface area contributed by atoms with Crippen molar-refractivity contribution in [1.29, 1.82) is 0 Å². The lowest BCUT2D eigenvalue weighted by molar-refractivity contribution is -0.123. The van der Waals surface area contributed by atoms with Crippen molar-refractivity contribution in [3.63, 3.8) is 0 Å². The predicted octanol–water partition coefficient (Wildman–Crippen LogP) is 4.26. The Morgan fingerprint density at radius 1 is 1.33 bits per heavy atom. The first-order chi connectivity index (χ1) is 14.0. The van der Waals surface area contributed by atoms with Gasteiger partial charge in [-0.05, 0) is 46.6 Å². The Labute approximate surface area is 179 Å². The number of likely N-dealkylation sites (tertiary alicyclic amines) is 1. The van der Waals surface area contributed by atoms with E-state index >= 15 is 0 Å². The highest BCUT2D eigenvalue weighted by Crippen LogP contribution is 2.35. The smallest absolute Gasteiger partial charge is 0.410 e. The van der Waals surface area contributed by atoms with E-state index in [4.69, 9.17) is 4.74 Å². The molecule has 0 bridgehead atoms. The van der Waals surface area contributed by atoms with Gasteiger partial charge in [0.2, 0.25) is 5.91 Å². The van der Waals surface area contributed by atoms with Crippen LogP contribution in [0.4, 0.5) is 14.2 Å². The van der Waals surface area contributed by atoms with Gasteiger partial charge in [0, 0.05) is 31.9 Å². The number of hydrogen-bond acceptors (Lipinski definition) is 6. The van der Waals surface area contributed by atoms with Crippen molar-refractivity contribution in [2.45, 2.75) is 46.1 Å². The number of pyridine rings is 1. The van der Waals surface area contributed by atoms with Crippen LogP contribution < -0.4 is 4.90 Å². The van der Waals surface area contributed by atoms with Crippen molar-refractivity contribution in [3.8, 4) is 10.6 Å². The third-order valence-corrected chi connectivity index (χ3v) is 6.06. The van der Waals surface area contributed by atoms with Crippen molar-refractivity contribution in [2.24, 2.45) is 5.92 Å². The van der Waals surface area contributed by atoms with Crippen molar-refractivity contribution in [1.82, 2.24) is 14.9 Å². The average molecular weight is 435 g/mol. The van der Waals surface area contributed by atoms with Gasteiger partial charge >= 0.3 is 6.09 Å². The van der Waals surface area contributed by atoms with E-state index in [2.05, 4.69) is 9.97 Å². The van der Waals surface area contributed by atoms with Crippen LogP contribution in [-0.2, 0) is 9.53 Å². The SMILES string of the molecule is Cc1nc(-c2cncc(F)c2)sc1N(C)C(=O)C1CCCN(C(=O)OC(C)(C)C)C1. The van der Waals surface area contributed by atoms with Crippen LogP contribution in [0, 0.1) is 18.7 Å². The zero-order chi connectivity index (χ0) is 22.1. The van der Waals surface area contributed by atoms with Gasteiger partial charge in [0.15, 0.2) is 0 Å². The largest absolute Gasteiger partial charge is 0.444 e. The average Bonchev–Trinajstić information content (AvgIpc) is 3.07. The fraction of sp³-hybridized carbons (Fsp3) is 0.524. The summed E-state index contributed by atoms with van der Waals surface area (Å²) in [4.78, 5) is 37.1. The highest BCUT2D eigenvalue weighted by molar-refractivity contribution is 7.19. The highest BCUT2D eigenvalue weighted by Gasteiger charge is 2.33. The van der Waals surface area contributed by atoms with Crippen molar-refractivity contribution in [3.05, 3.63) is 30.0 Å². The Bertz CT molecular complexity index is 941. The van der Waals surface area contributed by atoms with E-state index in [0.717, 1.165) is 12.6 Å². The molecule has 1 aliphatic rings. The molecule has 0 N–H and O–H groups in total. The van der Waals surface area contributed by atoms with Crippen LogP contribution in [0.1, 0.15) is 39.3 Å². The lowest BCUT2D eigenvalue weighted by atomic mass is 9.97. The normalized spacial score (nSPS) is 17.0. The molecule has 0 saturated carbocycles. The van der Waals surface area contributed by atoms with E-state index in [1.54, 1.807) is 23.0 Å². The Hall–Kier alpha value is -2.55. The van der Waals surface area contributed by atoms with Gasteiger partial charge in [-0.3, -0.25) is 9.78 Å². The number of amides is 2. The van der Waals surface area contributed by atoms with Gasteiger partial charge in [-0.15, -0.1) is 0 Å². The van der Waals surface area contributed by atoms with Crippen LogP contribution in [0.2, 0.25) is 0 Å². The van der Waals surface area contributed by atoms with Gasteiger partial charge in [-0.2, -0.15) is 0 Å². The van der Waals surface area contributed by atoms with E-state index < -0.39 is 17.5 Å². The molecule has 2 aromatic heterocycles. The summed E-state index contributed by atoms with van der Waals surface area (Å²) in [7, 11) is 1.71. The van der Waals surface area contributed by atoms with Gasteiger partial charge in [-0.1, -0.05) is 11.3 Å². The molecule has 2 aromatic rings. The third-order valence-electron chi connectivity index (χ3n) is 4.78. The fourth-order valence-corrected chi connectivity index (χ4v) is 4.41. The molecule has 7 nitrogen and oxygen atoms in total. The molecule has 3 heterocycles. The van der Waals surface area contributed by atoms with E-state index in [1.165, 1.54) is 17.4 Å². The number of ether oxygens (including phenoxy) is 1. The summed E-state index contributed by atoms with van der Waals surface area (Å²) in [6.45, 7) is 8.20. The fourth-order valence-electron chi connectivity index (χ4n) is 3.40. The van der Waals surface area contributed by atoms with E-state index in [-0.39, 0.29) is 11.8 Å². The number of aromatic nitrogens is 2. The molecule has 3 rings (SSSR count). The number of carbonyl (C=O) groups excluding carboxylic acids is 2. The Balaban J connectivity index is 1.73. The monoisotopic (exact) mass is 434 g/mol. The molecule has 30 heavy (non-hydrogen) atoms. The Morgan fingerprint density at radius 2 is 2.07 bits per heavy atom. The molecule has 162 valence electrons. The molecule has 0 aliphatic carbocycles. The molecule has 1 saturated heterocycles. The molecule has 2 amide bonds. The minimum absolute atomic E-state index is 0.0704. The minimum atomic E-state index is -0.577. The number of halogens is 1. The number of rotatable bonds is 3. The molecule has 1 fully saturated rings. The van der Waals surface area contributed by atoms with Crippen LogP contribution in [0.3, 0.4) is 0 Å². The number of carbonyl (C=O) groups is 2. The maximum Gasteiger partial charge on any atom is 0.410 e. The predicted molar refractivity (Wildman–Crippen MR) is 114 cm³/mol. The summed E-state index contributed by atoms with van der Waals surface area (Å²) < 4.78 is 19.0. The molecular weight excluding hydrogens is 407 g/mol. The summed E-state index contributed by atoms with van der Waals surface area (Å²) in [5.74, 6) is -0.813. The summed E-state index contributed by atoms with van der Waals surface area (Å²) in [5, 5.41) is 1.31. The summed E-state index contributed by atoms with van der Waals surface area (Å²) in [6, 6.07) is 1.37. The van der Waals surface area contributed by atoms with Gasteiger partial charge in [0.05, 0.1) is 17.8 Å². The van der Waals surface area contributed by atoms with Gasteiger partial charge < -0.3 is 14.5 Å². The number of hydrogen-bond donors (Lipinski definition) is 0. The first-order valence-electron chi connectivity index (χ1n) is 9.89. The zero-order valence-corrected chi connectivity index (χ0v) is 18.8. The Kier molecular flexibility index (Phi) is 6.40. The first kappa shape index (κ1) is 22.1. The van der Waals surface area contributed by atoms with Crippen LogP contribution in [0.25, 0.3) is 10.6 Å². The van der Waals surface area contributed by atoms with Gasteiger partial charge in [0.1, 0.15) is 21.4 Å². The molecule has 1 atom stereocenters. The number of anilines is 1. The van der Waals surface area contributed by atoms with E-state index in [9.17, 15) is 14.0 Å². The second-order valence-corrected chi connectivity index (χ2v) is 9.44. The van der Waals surface area contributed by atoms with Gasteiger partial charge in [0.25, 0.3) is 0 Å². The van der Waals surface area contributed by atoms with Crippen molar-refractivity contribution >= 4 is 28.3 Å². The summed E-state index contributed by atoms with van der Waals surface area (Å²) >= 11 is 1.32. The molecule has 0 spiro atoms. The lowest BCUT2D eigenvalue weighted by Gasteiger charge is -2.34. The quantitative estimate of drug-likeness (QED) is 0.721. The number of aryl methyl sites for hydroxylation is 1. The van der Waals surface area contributed by atoms with E-state index in [1.807, 2.05) is 27.7 Å². The maximum atomic E-state index is 13.5. The second kappa shape index (κ2) is 8.67. The van der Waals surface area contributed by atoms with E-state index in [0.29, 0.717) is 40.8 Å². The lowest BCUT2D eigenvalue weighted by Crippen LogP contribution is -2.47.